The maximum atomic E-state index is 11.9. The number of hydrogen-bond acceptors (Lipinski definition) is 4. The third kappa shape index (κ3) is 3.18. The fraction of sp³-hybridized carbons (Fsp3) is 0.643. The predicted octanol–water partition coefficient (Wildman–Crippen LogP) is 0.616. The van der Waals surface area contributed by atoms with Gasteiger partial charge in [0, 0.05) is 38.7 Å². The molecule has 1 N–H and O–H groups in total. The van der Waals surface area contributed by atoms with E-state index in [4.69, 9.17) is 0 Å². The molecule has 6 heteroatoms. The van der Waals surface area contributed by atoms with Gasteiger partial charge in [0.2, 0.25) is 5.91 Å². The topological polar surface area (TPSA) is 67.2 Å². The molecular formula is C14H22N4O2. The highest BCUT2D eigenvalue weighted by atomic mass is 16.1. The van der Waals surface area contributed by atoms with Crippen LogP contribution in [0.2, 0.25) is 0 Å². The van der Waals surface area contributed by atoms with E-state index in [1.54, 1.807) is 19.3 Å². The third-order valence-corrected chi connectivity index (χ3v) is 3.77. The molecule has 1 aromatic rings. The summed E-state index contributed by atoms with van der Waals surface area (Å²) in [5, 5.41) is 6.89. The van der Waals surface area contributed by atoms with E-state index in [9.17, 15) is 9.59 Å². The molecule has 2 heterocycles. The number of hydrogen-bond donors (Lipinski definition) is 1. The van der Waals surface area contributed by atoms with Crippen molar-refractivity contribution < 1.29 is 4.79 Å². The Labute approximate surface area is 118 Å². The average molecular weight is 278 g/mol. The summed E-state index contributed by atoms with van der Waals surface area (Å²) in [4.78, 5) is 25.6. The van der Waals surface area contributed by atoms with Gasteiger partial charge in [-0.3, -0.25) is 9.59 Å². The number of anilines is 1. The lowest BCUT2D eigenvalue weighted by molar-refractivity contribution is -0.125. The van der Waals surface area contributed by atoms with Gasteiger partial charge in [-0.15, -0.1) is 0 Å². The first-order valence-corrected chi connectivity index (χ1v) is 7.19. The van der Waals surface area contributed by atoms with E-state index >= 15 is 0 Å². The normalized spacial score (nSPS) is 16.2. The number of carbonyl (C=O) groups is 1. The van der Waals surface area contributed by atoms with E-state index in [2.05, 4.69) is 15.3 Å². The minimum absolute atomic E-state index is 0.0576. The second-order valence-electron chi connectivity index (χ2n) is 5.15. The standard InChI is InChI=1S/C14H22N4O2/c1-3-6-18-13(19)9-12(10-16-18)17-7-4-11(5-8-17)14(20)15-2/h9-11H,3-8H2,1-2H3,(H,15,20). The van der Waals surface area contributed by atoms with E-state index in [-0.39, 0.29) is 17.4 Å². The summed E-state index contributed by atoms with van der Waals surface area (Å²) in [5.74, 6) is 0.200. The van der Waals surface area contributed by atoms with Crippen molar-refractivity contribution in [1.82, 2.24) is 15.1 Å². The van der Waals surface area contributed by atoms with Crippen LogP contribution in [-0.2, 0) is 11.3 Å². The number of aryl methyl sites for hydroxylation is 1. The van der Waals surface area contributed by atoms with Crippen molar-refractivity contribution in [3.63, 3.8) is 0 Å². The summed E-state index contributed by atoms with van der Waals surface area (Å²) < 4.78 is 1.49. The van der Waals surface area contributed by atoms with E-state index in [1.165, 1.54) is 4.68 Å². The molecule has 0 unspecified atom stereocenters. The van der Waals surface area contributed by atoms with Crippen LogP contribution in [0, 0.1) is 5.92 Å². The zero-order valence-electron chi connectivity index (χ0n) is 12.1. The Bertz CT molecular complexity index is 518. The van der Waals surface area contributed by atoms with Gasteiger partial charge < -0.3 is 10.2 Å². The fourth-order valence-electron chi connectivity index (χ4n) is 2.58. The highest BCUT2D eigenvalue weighted by molar-refractivity contribution is 5.78. The van der Waals surface area contributed by atoms with Gasteiger partial charge in [0.1, 0.15) is 0 Å². The number of aromatic nitrogens is 2. The van der Waals surface area contributed by atoms with Crippen LogP contribution in [0.5, 0.6) is 0 Å². The molecule has 20 heavy (non-hydrogen) atoms. The molecular weight excluding hydrogens is 256 g/mol. The Balaban J connectivity index is 2.02. The predicted molar refractivity (Wildman–Crippen MR) is 77.8 cm³/mol. The number of carbonyl (C=O) groups excluding carboxylic acids is 1. The van der Waals surface area contributed by atoms with E-state index in [0.29, 0.717) is 6.54 Å². The molecule has 0 atom stereocenters. The summed E-state index contributed by atoms with van der Waals surface area (Å²) in [6.45, 7) is 4.25. The molecule has 0 saturated carbocycles. The number of nitrogens with one attached hydrogen (secondary N) is 1. The summed E-state index contributed by atoms with van der Waals surface area (Å²) in [5.41, 5.74) is 0.801. The second kappa shape index (κ2) is 6.54. The lowest BCUT2D eigenvalue weighted by atomic mass is 9.96. The van der Waals surface area contributed by atoms with Crippen molar-refractivity contribution in [2.45, 2.75) is 32.7 Å². The minimum Gasteiger partial charge on any atom is -0.370 e. The van der Waals surface area contributed by atoms with Gasteiger partial charge in [0.05, 0.1) is 11.9 Å². The van der Waals surface area contributed by atoms with Crippen LogP contribution in [0.4, 0.5) is 5.69 Å². The molecule has 1 aliphatic heterocycles. The summed E-state index contributed by atoms with van der Waals surface area (Å²) in [6, 6.07) is 1.64. The lowest BCUT2D eigenvalue weighted by Gasteiger charge is -2.32. The molecule has 1 saturated heterocycles. The molecule has 0 spiro atoms. The van der Waals surface area contributed by atoms with Crippen LogP contribution < -0.4 is 15.8 Å². The summed E-state index contributed by atoms with van der Waals surface area (Å²) in [7, 11) is 1.67. The SMILES string of the molecule is CCCn1ncc(N2CCC(C(=O)NC)CC2)cc1=O. The first-order valence-electron chi connectivity index (χ1n) is 7.19. The van der Waals surface area contributed by atoms with E-state index < -0.39 is 0 Å². The number of piperidine rings is 1. The van der Waals surface area contributed by atoms with Crippen LogP contribution in [0.1, 0.15) is 26.2 Å². The van der Waals surface area contributed by atoms with Crippen molar-refractivity contribution in [3.8, 4) is 0 Å². The maximum Gasteiger partial charge on any atom is 0.268 e. The molecule has 1 fully saturated rings. The highest BCUT2D eigenvalue weighted by Gasteiger charge is 2.24. The zero-order chi connectivity index (χ0) is 14.5. The van der Waals surface area contributed by atoms with Gasteiger partial charge in [-0.05, 0) is 19.3 Å². The quantitative estimate of drug-likeness (QED) is 0.876. The van der Waals surface area contributed by atoms with E-state index in [1.807, 2.05) is 6.92 Å². The molecule has 1 amide bonds. The molecule has 0 radical (unpaired) electrons. The monoisotopic (exact) mass is 278 g/mol. The third-order valence-electron chi connectivity index (χ3n) is 3.77. The van der Waals surface area contributed by atoms with Crippen molar-refractivity contribution in [2.24, 2.45) is 5.92 Å². The molecule has 1 aliphatic rings. The van der Waals surface area contributed by atoms with Crippen molar-refractivity contribution >= 4 is 11.6 Å². The van der Waals surface area contributed by atoms with Crippen molar-refractivity contribution in [1.29, 1.82) is 0 Å². The van der Waals surface area contributed by atoms with Crippen molar-refractivity contribution in [3.05, 3.63) is 22.6 Å². The molecule has 1 aromatic heterocycles. The van der Waals surface area contributed by atoms with Gasteiger partial charge in [-0.25, -0.2) is 4.68 Å². The molecule has 0 bridgehead atoms. The first kappa shape index (κ1) is 14.6. The minimum atomic E-state index is -0.0576. The van der Waals surface area contributed by atoms with Crippen LogP contribution in [0.3, 0.4) is 0 Å². The molecule has 2 rings (SSSR count). The Morgan fingerprint density at radius 3 is 2.70 bits per heavy atom. The van der Waals surface area contributed by atoms with Gasteiger partial charge >= 0.3 is 0 Å². The van der Waals surface area contributed by atoms with E-state index in [0.717, 1.165) is 38.0 Å². The molecule has 0 aromatic carbocycles. The first-order chi connectivity index (χ1) is 9.65. The van der Waals surface area contributed by atoms with Crippen molar-refractivity contribution in [2.75, 3.05) is 25.0 Å². The average Bonchev–Trinajstić information content (AvgIpc) is 2.49. The van der Waals surface area contributed by atoms with Gasteiger partial charge in [-0.1, -0.05) is 6.92 Å². The number of amides is 1. The summed E-state index contributed by atoms with van der Waals surface area (Å²) >= 11 is 0. The van der Waals surface area contributed by atoms with Crippen LogP contribution in [0.15, 0.2) is 17.1 Å². The number of nitrogens with zero attached hydrogens (tertiary/aromatic N) is 3. The van der Waals surface area contributed by atoms with Crippen LogP contribution in [0.25, 0.3) is 0 Å². The Kier molecular flexibility index (Phi) is 4.76. The number of rotatable bonds is 4. The summed E-state index contributed by atoms with van der Waals surface area (Å²) in [6.07, 6.45) is 4.27. The Morgan fingerprint density at radius 2 is 2.15 bits per heavy atom. The van der Waals surface area contributed by atoms with Gasteiger partial charge in [0.15, 0.2) is 0 Å². The van der Waals surface area contributed by atoms with Gasteiger partial charge in [0.25, 0.3) is 5.56 Å². The van der Waals surface area contributed by atoms with Crippen LogP contribution >= 0.6 is 0 Å². The molecule has 6 nitrogen and oxygen atoms in total. The zero-order valence-corrected chi connectivity index (χ0v) is 12.1. The Hall–Kier alpha value is -1.85. The molecule has 110 valence electrons. The molecule has 0 aliphatic carbocycles. The van der Waals surface area contributed by atoms with Crippen LogP contribution in [-0.4, -0.2) is 35.8 Å². The fourth-order valence-corrected chi connectivity index (χ4v) is 2.58. The lowest BCUT2D eigenvalue weighted by Crippen LogP contribution is -2.40. The Morgan fingerprint density at radius 1 is 1.45 bits per heavy atom. The smallest absolute Gasteiger partial charge is 0.268 e. The largest absolute Gasteiger partial charge is 0.370 e. The maximum absolute atomic E-state index is 11.9. The van der Waals surface area contributed by atoms with Gasteiger partial charge in [-0.2, -0.15) is 5.10 Å². The highest BCUT2D eigenvalue weighted by Crippen LogP contribution is 2.21. The second-order valence-corrected chi connectivity index (χ2v) is 5.15.